The van der Waals surface area contributed by atoms with Crippen LogP contribution in [0.2, 0.25) is 0 Å². The number of halogens is 1. The van der Waals surface area contributed by atoms with Crippen molar-refractivity contribution in [3.8, 4) is 5.75 Å². The zero-order valence-corrected chi connectivity index (χ0v) is 12.5. The normalized spacial score (nSPS) is 16.0. The Balaban J connectivity index is 2.02. The van der Waals surface area contributed by atoms with Gasteiger partial charge in [0.2, 0.25) is 0 Å². The number of rotatable bonds is 6. The van der Waals surface area contributed by atoms with Gasteiger partial charge >= 0.3 is 0 Å². The summed E-state index contributed by atoms with van der Waals surface area (Å²) in [7, 11) is 0. The summed E-state index contributed by atoms with van der Waals surface area (Å²) in [5.74, 6) is -0.361. The molecular formula is C16H23FN2O2. The van der Waals surface area contributed by atoms with E-state index in [9.17, 15) is 9.18 Å². The zero-order valence-electron chi connectivity index (χ0n) is 12.5. The number of carbonyl (C=O) groups is 1. The molecule has 1 amide bonds. The van der Waals surface area contributed by atoms with Crippen molar-refractivity contribution in [2.24, 2.45) is 5.73 Å². The fourth-order valence-electron chi connectivity index (χ4n) is 2.49. The summed E-state index contributed by atoms with van der Waals surface area (Å²) in [5, 5.41) is 0. The van der Waals surface area contributed by atoms with Gasteiger partial charge in [-0.3, -0.25) is 4.79 Å². The van der Waals surface area contributed by atoms with Gasteiger partial charge in [-0.05, 0) is 37.3 Å². The lowest BCUT2D eigenvalue weighted by atomic mass is 10.0. The van der Waals surface area contributed by atoms with Gasteiger partial charge in [0.05, 0.1) is 0 Å². The molecule has 2 rings (SSSR count). The predicted octanol–water partition coefficient (Wildman–Crippen LogP) is 2.11. The molecule has 5 heteroatoms. The SMILES string of the molecule is CCC(N)Cc1cccc(F)c1OCC(=O)N1CCCC1. The van der Waals surface area contributed by atoms with E-state index >= 15 is 0 Å². The summed E-state index contributed by atoms with van der Waals surface area (Å²) in [6, 6.07) is 4.75. The van der Waals surface area contributed by atoms with Gasteiger partial charge in [0, 0.05) is 19.1 Å². The Morgan fingerprint density at radius 2 is 2.14 bits per heavy atom. The van der Waals surface area contributed by atoms with Crippen molar-refractivity contribution in [2.75, 3.05) is 19.7 Å². The molecule has 1 fully saturated rings. The minimum Gasteiger partial charge on any atom is -0.480 e. The van der Waals surface area contributed by atoms with E-state index in [-0.39, 0.29) is 24.3 Å². The molecule has 0 saturated carbocycles. The highest BCUT2D eigenvalue weighted by molar-refractivity contribution is 5.78. The number of amides is 1. The van der Waals surface area contributed by atoms with Gasteiger partial charge in [0.25, 0.3) is 5.91 Å². The van der Waals surface area contributed by atoms with Gasteiger partial charge < -0.3 is 15.4 Å². The second-order valence-electron chi connectivity index (χ2n) is 5.48. The smallest absolute Gasteiger partial charge is 0.260 e. The summed E-state index contributed by atoms with van der Waals surface area (Å²) in [4.78, 5) is 13.7. The van der Waals surface area contributed by atoms with Crippen molar-refractivity contribution >= 4 is 5.91 Å². The molecule has 0 aliphatic carbocycles. The van der Waals surface area contributed by atoms with E-state index in [4.69, 9.17) is 10.5 Å². The number of carbonyl (C=O) groups excluding carboxylic acids is 1. The van der Waals surface area contributed by atoms with E-state index in [0.29, 0.717) is 6.42 Å². The third-order valence-electron chi connectivity index (χ3n) is 3.85. The van der Waals surface area contributed by atoms with E-state index in [2.05, 4.69) is 0 Å². The first-order valence-electron chi connectivity index (χ1n) is 7.55. The van der Waals surface area contributed by atoms with Crippen LogP contribution in [-0.4, -0.2) is 36.5 Å². The summed E-state index contributed by atoms with van der Waals surface area (Å²) < 4.78 is 19.4. The molecule has 116 valence electrons. The predicted molar refractivity (Wildman–Crippen MR) is 79.7 cm³/mol. The van der Waals surface area contributed by atoms with Gasteiger partial charge in [-0.2, -0.15) is 0 Å². The molecule has 1 atom stereocenters. The molecular weight excluding hydrogens is 271 g/mol. The van der Waals surface area contributed by atoms with Crippen molar-refractivity contribution < 1.29 is 13.9 Å². The van der Waals surface area contributed by atoms with Crippen molar-refractivity contribution in [2.45, 2.75) is 38.6 Å². The largest absolute Gasteiger partial charge is 0.480 e. The molecule has 1 heterocycles. The Morgan fingerprint density at radius 1 is 1.43 bits per heavy atom. The maximum absolute atomic E-state index is 13.9. The lowest BCUT2D eigenvalue weighted by Crippen LogP contribution is -2.32. The number of nitrogens with two attached hydrogens (primary N) is 1. The first-order chi connectivity index (χ1) is 10.1. The molecule has 0 aromatic heterocycles. The number of likely N-dealkylation sites (tertiary alicyclic amines) is 1. The number of ether oxygens (including phenoxy) is 1. The van der Waals surface area contributed by atoms with Crippen LogP contribution in [-0.2, 0) is 11.2 Å². The van der Waals surface area contributed by atoms with Gasteiger partial charge in [0.15, 0.2) is 18.2 Å². The highest BCUT2D eigenvalue weighted by Gasteiger charge is 2.20. The van der Waals surface area contributed by atoms with Gasteiger partial charge in [-0.25, -0.2) is 4.39 Å². The van der Waals surface area contributed by atoms with Crippen molar-refractivity contribution in [3.05, 3.63) is 29.6 Å². The molecule has 1 unspecified atom stereocenters. The second kappa shape index (κ2) is 7.41. The van der Waals surface area contributed by atoms with E-state index in [0.717, 1.165) is 37.9 Å². The van der Waals surface area contributed by atoms with Crippen molar-refractivity contribution in [1.29, 1.82) is 0 Å². The molecule has 0 bridgehead atoms. The fraction of sp³-hybridized carbons (Fsp3) is 0.562. The molecule has 1 aromatic carbocycles. The molecule has 0 radical (unpaired) electrons. The maximum atomic E-state index is 13.9. The van der Waals surface area contributed by atoms with Crippen LogP contribution in [0.4, 0.5) is 4.39 Å². The van der Waals surface area contributed by atoms with E-state index in [1.807, 2.05) is 6.92 Å². The van der Waals surface area contributed by atoms with Gasteiger partial charge in [-0.15, -0.1) is 0 Å². The summed E-state index contributed by atoms with van der Waals surface area (Å²) in [5.41, 5.74) is 6.65. The van der Waals surface area contributed by atoms with Crippen LogP contribution >= 0.6 is 0 Å². The highest BCUT2D eigenvalue weighted by atomic mass is 19.1. The minimum absolute atomic E-state index is 0.0385. The summed E-state index contributed by atoms with van der Waals surface area (Å²) in [6.07, 6.45) is 3.41. The molecule has 21 heavy (non-hydrogen) atoms. The maximum Gasteiger partial charge on any atom is 0.260 e. The van der Waals surface area contributed by atoms with Crippen LogP contribution in [0.5, 0.6) is 5.75 Å². The van der Waals surface area contributed by atoms with Crippen LogP contribution in [0.15, 0.2) is 18.2 Å². The number of nitrogens with zero attached hydrogens (tertiary/aromatic N) is 1. The Hall–Kier alpha value is -1.62. The Kier molecular flexibility index (Phi) is 5.56. The monoisotopic (exact) mass is 294 g/mol. The third kappa shape index (κ3) is 4.17. The van der Waals surface area contributed by atoms with Crippen LogP contribution in [0.3, 0.4) is 0 Å². The lowest BCUT2D eigenvalue weighted by Gasteiger charge is -2.18. The Labute approximate surface area is 125 Å². The van der Waals surface area contributed by atoms with Crippen LogP contribution in [0.1, 0.15) is 31.7 Å². The Bertz CT molecular complexity index is 487. The first-order valence-corrected chi connectivity index (χ1v) is 7.55. The molecule has 1 aliphatic rings. The standard InChI is InChI=1S/C16H23FN2O2/c1-2-13(18)10-12-6-5-7-14(17)16(12)21-11-15(20)19-8-3-4-9-19/h5-7,13H,2-4,8-11,18H2,1H3. The number of para-hydroxylation sites is 1. The van der Waals surface area contributed by atoms with Crippen LogP contribution < -0.4 is 10.5 Å². The number of hydrogen-bond acceptors (Lipinski definition) is 3. The molecule has 1 aliphatic heterocycles. The quantitative estimate of drug-likeness (QED) is 0.874. The fourth-order valence-corrected chi connectivity index (χ4v) is 2.49. The van der Waals surface area contributed by atoms with Gasteiger partial charge in [0.1, 0.15) is 0 Å². The Morgan fingerprint density at radius 3 is 2.81 bits per heavy atom. The van der Waals surface area contributed by atoms with E-state index in [1.54, 1.807) is 17.0 Å². The van der Waals surface area contributed by atoms with Gasteiger partial charge in [-0.1, -0.05) is 19.1 Å². The van der Waals surface area contributed by atoms with Crippen LogP contribution in [0, 0.1) is 5.82 Å². The van der Waals surface area contributed by atoms with E-state index < -0.39 is 5.82 Å². The van der Waals surface area contributed by atoms with Crippen molar-refractivity contribution in [1.82, 2.24) is 4.90 Å². The molecule has 4 nitrogen and oxygen atoms in total. The molecule has 0 spiro atoms. The lowest BCUT2D eigenvalue weighted by molar-refractivity contribution is -0.132. The molecule has 1 aromatic rings. The van der Waals surface area contributed by atoms with Crippen LogP contribution in [0.25, 0.3) is 0 Å². The average molecular weight is 294 g/mol. The molecule has 2 N–H and O–H groups in total. The second-order valence-corrected chi connectivity index (χ2v) is 5.48. The topological polar surface area (TPSA) is 55.6 Å². The molecule has 1 saturated heterocycles. The highest BCUT2D eigenvalue weighted by Crippen LogP contribution is 2.24. The summed E-state index contributed by atoms with van der Waals surface area (Å²) >= 11 is 0. The van der Waals surface area contributed by atoms with E-state index in [1.165, 1.54) is 6.07 Å². The minimum atomic E-state index is -0.440. The first kappa shape index (κ1) is 15.8. The number of hydrogen-bond donors (Lipinski definition) is 1. The average Bonchev–Trinajstić information content (AvgIpc) is 3.00. The van der Waals surface area contributed by atoms with Crippen molar-refractivity contribution in [3.63, 3.8) is 0 Å². The zero-order chi connectivity index (χ0) is 15.2. The number of benzene rings is 1. The summed E-state index contributed by atoms with van der Waals surface area (Å²) in [6.45, 7) is 3.41. The third-order valence-corrected chi connectivity index (χ3v) is 3.85.